The van der Waals surface area contributed by atoms with Gasteiger partial charge in [-0.15, -0.1) is 0 Å². The molecule has 0 aromatic heterocycles. The van der Waals surface area contributed by atoms with Crippen LogP contribution in [0.1, 0.15) is 43.2 Å². The molecule has 1 N–H and O–H groups in total. The number of hydrogen-bond donors (Lipinski definition) is 1. The SMILES string of the molecule is CN(Cc1ccc(C#CCCO)cc1)C1CCCC1. The normalized spacial score (nSPS) is 15.5. The van der Waals surface area contributed by atoms with Gasteiger partial charge < -0.3 is 5.11 Å². The third kappa shape index (κ3) is 4.38. The smallest absolute Gasteiger partial charge is 0.0540 e. The predicted molar refractivity (Wildman–Crippen MR) is 78.7 cm³/mol. The molecule has 0 heterocycles. The molecule has 1 fully saturated rings. The van der Waals surface area contributed by atoms with Crippen LogP contribution in [0, 0.1) is 11.8 Å². The number of aliphatic hydroxyl groups is 1. The van der Waals surface area contributed by atoms with Crippen molar-refractivity contribution in [2.24, 2.45) is 0 Å². The van der Waals surface area contributed by atoms with Crippen molar-refractivity contribution in [2.75, 3.05) is 13.7 Å². The Balaban J connectivity index is 1.89. The summed E-state index contributed by atoms with van der Waals surface area (Å²) in [5.41, 5.74) is 2.38. The lowest BCUT2D eigenvalue weighted by Gasteiger charge is -2.23. The van der Waals surface area contributed by atoms with E-state index in [0.29, 0.717) is 6.42 Å². The quantitative estimate of drug-likeness (QED) is 0.838. The van der Waals surface area contributed by atoms with Gasteiger partial charge in [0.2, 0.25) is 0 Å². The molecule has 0 amide bonds. The van der Waals surface area contributed by atoms with E-state index in [1.54, 1.807) is 0 Å². The van der Waals surface area contributed by atoms with Gasteiger partial charge in [-0.25, -0.2) is 0 Å². The number of hydrogen-bond acceptors (Lipinski definition) is 2. The van der Waals surface area contributed by atoms with Crippen LogP contribution in [0.4, 0.5) is 0 Å². The molecular formula is C17H23NO. The molecule has 19 heavy (non-hydrogen) atoms. The summed E-state index contributed by atoms with van der Waals surface area (Å²) in [6, 6.07) is 9.23. The minimum Gasteiger partial charge on any atom is -0.395 e. The first kappa shape index (κ1) is 14.1. The first-order valence-electron chi connectivity index (χ1n) is 7.18. The van der Waals surface area contributed by atoms with E-state index in [9.17, 15) is 0 Å². The van der Waals surface area contributed by atoms with Crippen LogP contribution in [0.25, 0.3) is 0 Å². The van der Waals surface area contributed by atoms with E-state index in [1.807, 2.05) is 0 Å². The lowest BCUT2D eigenvalue weighted by Crippen LogP contribution is -2.28. The van der Waals surface area contributed by atoms with Gasteiger partial charge in [-0.1, -0.05) is 36.8 Å². The molecule has 1 saturated carbocycles. The molecule has 1 aliphatic rings. The molecule has 0 aliphatic heterocycles. The summed E-state index contributed by atoms with van der Waals surface area (Å²) in [5.74, 6) is 6.00. The number of aliphatic hydroxyl groups excluding tert-OH is 1. The van der Waals surface area contributed by atoms with Gasteiger partial charge in [0, 0.05) is 24.6 Å². The van der Waals surface area contributed by atoms with E-state index in [4.69, 9.17) is 5.11 Å². The topological polar surface area (TPSA) is 23.5 Å². The average molecular weight is 257 g/mol. The van der Waals surface area contributed by atoms with E-state index in [1.165, 1.54) is 31.2 Å². The Bertz CT molecular complexity index is 435. The van der Waals surface area contributed by atoms with Gasteiger partial charge in [-0.3, -0.25) is 4.90 Å². The lowest BCUT2D eigenvalue weighted by atomic mass is 10.1. The number of nitrogens with zero attached hydrogens (tertiary/aromatic N) is 1. The van der Waals surface area contributed by atoms with Gasteiger partial charge in [0.1, 0.15) is 0 Å². The fourth-order valence-corrected chi connectivity index (χ4v) is 2.68. The van der Waals surface area contributed by atoms with Gasteiger partial charge in [-0.05, 0) is 37.6 Å². The van der Waals surface area contributed by atoms with Crippen LogP contribution >= 0.6 is 0 Å². The van der Waals surface area contributed by atoms with Crippen molar-refractivity contribution < 1.29 is 5.11 Å². The molecule has 0 unspecified atom stereocenters. The molecule has 1 aromatic carbocycles. The Morgan fingerprint density at radius 3 is 2.53 bits per heavy atom. The molecule has 2 heteroatoms. The van der Waals surface area contributed by atoms with Crippen LogP contribution in [0.5, 0.6) is 0 Å². The second-order valence-corrected chi connectivity index (χ2v) is 5.33. The van der Waals surface area contributed by atoms with Crippen molar-refractivity contribution in [3.63, 3.8) is 0 Å². The molecule has 0 spiro atoms. The monoisotopic (exact) mass is 257 g/mol. The maximum atomic E-state index is 8.68. The molecule has 0 radical (unpaired) electrons. The summed E-state index contributed by atoms with van der Waals surface area (Å²) in [5, 5.41) is 8.68. The second-order valence-electron chi connectivity index (χ2n) is 5.33. The van der Waals surface area contributed by atoms with Crippen LogP contribution in [0.3, 0.4) is 0 Å². The fourth-order valence-electron chi connectivity index (χ4n) is 2.68. The highest BCUT2D eigenvalue weighted by Crippen LogP contribution is 2.23. The fraction of sp³-hybridized carbons (Fsp3) is 0.529. The second kappa shape index (κ2) is 7.33. The Hall–Kier alpha value is -1.30. The molecular weight excluding hydrogens is 234 g/mol. The Labute approximate surface area is 116 Å². The van der Waals surface area contributed by atoms with E-state index >= 15 is 0 Å². The molecule has 0 bridgehead atoms. The van der Waals surface area contributed by atoms with Crippen molar-refractivity contribution in [2.45, 2.75) is 44.7 Å². The van der Waals surface area contributed by atoms with Gasteiger partial charge in [0.05, 0.1) is 6.61 Å². The van der Waals surface area contributed by atoms with Crippen molar-refractivity contribution in [1.82, 2.24) is 4.90 Å². The first-order chi connectivity index (χ1) is 9.29. The van der Waals surface area contributed by atoms with Crippen LogP contribution in [0.2, 0.25) is 0 Å². The molecule has 2 nitrogen and oxygen atoms in total. The minimum absolute atomic E-state index is 0.136. The first-order valence-corrected chi connectivity index (χ1v) is 7.18. The average Bonchev–Trinajstić information content (AvgIpc) is 2.95. The van der Waals surface area contributed by atoms with Crippen LogP contribution < -0.4 is 0 Å². The highest BCUT2D eigenvalue weighted by atomic mass is 16.2. The standard InChI is InChI=1S/C17H23NO/c1-18(17-7-2-3-8-17)14-16-11-9-15(10-12-16)6-4-5-13-19/h9-12,17,19H,2-3,5,7-8,13-14H2,1H3. The third-order valence-corrected chi connectivity index (χ3v) is 3.80. The van der Waals surface area contributed by atoms with Crippen molar-refractivity contribution in [1.29, 1.82) is 0 Å². The molecule has 0 saturated heterocycles. The van der Waals surface area contributed by atoms with E-state index in [0.717, 1.165) is 18.2 Å². The summed E-state index contributed by atoms with van der Waals surface area (Å²) < 4.78 is 0. The predicted octanol–water partition coefficient (Wildman–Crippen LogP) is 2.79. The zero-order valence-corrected chi connectivity index (χ0v) is 11.7. The van der Waals surface area contributed by atoms with Crippen molar-refractivity contribution in [3.8, 4) is 11.8 Å². The molecule has 1 aromatic rings. The summed E-state index contributed by atoms with van der Waals surface area (Å²) in [6.45, 7) is 1.16. The maximum Gasteiger partial charge on any atom is 0.0540 e. The summed E-state index contributed by atoms with van der Waals surface area (Å²) >= 11 is 0. The van der Waals surface area contributed by atoms with Crippen molar-refractivity contribution >= 4 is 0 Å². The summed E-state index contributed by atoms with van der Waals surface area (Å²) in [7, 11) is 2.23. The highest BCUT2D eigenvalue weighted by Gasteiger charge is 2.19. The van der Waals surface area contributed by atoms with Gasteiger partial charge in [0.15, 0.2) is 0 Å². The zero-order chi connectivity index (χ0) is 13.5. The van der Waals surface area contributed by atoms with E-state index in [2.05, 4.69) is 48.1 Å². The lowest BCUT2D eigenvalue weighted by molar-refractivity contribution is 0.237. The summed E-state index contributed by atoms with van der Waals surface area (Å²) in [4.78, 5) is 2.47. The zero-order valence-electron chi connectivity index (χ0n) is 11.7. The Kier molecular flexibility index (Phi) is 5.44. The van der Waals surface area contributed by atoms with E-state index < -0.39 is 0 Å². The highest BCUT2D eigenvalue weighted by molar-refractivity contribution is 5.36. The Morgan fingerprint density at radius 2 is 1.89 bits per heavy atom. The van der Waals surface area contributed by atoms with Gasteiger partial charge >= 0.3 is 0 Å². The number of benzene rings is 1. The maximum absolute atomic E-state index is 8.68. The molecule has 2 rings (SSSR count). The van der Waals surface area contributed by atoms with Crippen LogP contribution in [0.15, 0.2) is 24.3 Å². The summed E-state index contributed by atoms with van der Waals surface area (Å²) in [6.07, 6.45) is 6.01. The van der Waals surface area contributed by atoms with Gasteiger partial charge in [-0.2, -0.15) is 0 Å². The van der Waals surface area contributed by atoms with E-state index in [-0.39, 0.29) is 6.61 Å². The molecule has 1 aliphatic carbocycles. The molecule has 0 atom stereocenters. The van der Waals surface area contributed by atoms with Gasteiger partial charge in [0.25, 0.3) is 0 Å². The van der Waals surface area contributed by atoms with Crippen LogP contribution in [-0.2, 0) is 6.54 Å². The minimum atomic E-state index is 0.136. The molecule has 102 valence electrons. The Morgan fingerprint density at radius 1 is 1.21 bits per heavy atom. The van der Waals surface area contributed by atoms with Crippen molar-refractivity contribution in [3.05, 3.63) is 35.4 Å². The van der Waals surface area contributed by atoms with Crippen LogP contribution in [-0.4, -0.2) is 29.7 Å². The largest absolute Gasteiger partial charge is 0.395 e. The third-order valence-electron chi connectivity index (χ3n) is 3.80. The number of rotatable bonds is 4.